The lowest BCUT2D eigenvalue weighted by molar-refractivity contribution is 0.270. The molecule has 2 rings (SSSR count). The molecule has 1 aromatic heterocycles. The Hall–Kier alpha value is -1.36. The fourth-order valence-corrected chi connectivity index (χ4v) is 2.54. The van der Waals surface area contributed by atoms with Crippen molar-refractivity contribution in [1.82, 2.24) is 14.9 Å². The molecule has 1 N–H and O–H groups in total. The van der Waals surface area contributed by atoms with E-state index in [0.29, 0.717) is 11.9 Å². The third kappa shape index (κ3) is 2.66. The third-order valence-electron chi connectivity index (χ3n) is 3.44. The van der Waals surface area contributed by atoms with Crippen LogP contribution in [-0.2, 0) is 0 Å². The van der Waals surface area contributed by atoms with Gasteiger partial charge in [0.15, 0.2) is 5.82 Å². The van der Waals surface area contributed by atoms with Gasteiger partial charge in [0.05, 0.1) is 0 Å². The minimum absolute atomic E-state index is 0.115. The summed E-state index contributed by atoms with van der Waals surface area (Å²) in [5, 5.41) is 0. The van der Waals surface area contributed by atoms with Gasteiger partial charge in [-0.05, 0) is 25.9 Å². The first-order valence-electron chi connectivity index (χ1n) is 6.21. The van der Waals surface area contributed by atoms with E-state index in [2.05, 4.69) is 21.8 Å². The van der Waals surface area contributed by atoms with Crippen molar-refractivity contribution in [2.24, 2.45) is 0 Å². The first-order chi connectivity index (χ1) is 8.22. The van der Waals surface area contributed by atoms with E-state index in [1.165, 1.54) is 19.4 Å². The van der Waals surface area contributed by atoms with Gasteiger partial charge in [0.25, 0.3) is 5.56 Å². The molecule has 0 amide bonds. The van der Waals surface area contributed by atoms with Gasteiger partial charge in [0.1, 0.15) is 0 Å². The van der Waals surface area contributed by atoms with Crippen molar-refractivity contribution >= 4 is 5.82 Å². The number of nitrogens with zero attached hydrogens (tertiary/aromatic N) is 3. The van der Waals surface area contributed by atoms with Crippen molar-refractivity contribution in [2.75, 3.05) is 31.6 Å². The van der Waals surface area contributed by atoms with Crippen LogP contribution in [0.4, 0.5) is 5.82 Å². The second-order valence-corrected chi connectivity index (χ2v) is 4.55. The Kier molecular flexibility index (Phi) is 3.78. The number of hydrogen-bond acceptors (Lipinski definition) is 4. The topological polar surface area (TPSA) is 52.2 Å². The SMILES string of the molecule is CCN1CCCC1CN(C)c1ncc[nH]c1=O. The molecule has 1 aliphatic rings. The highest BCUT2D eigenvalue weighted by Gasteiger charge is 2.24. The third-order valence-corrected chi connectivity index (χ3v) is 3.44. The number of rotatable bonds is 4. The summed E-state index contributed by atoms with van der Waals surface area (Å²) in [6.07, 6.45) is 5.65. The van der Waals surface area contributed by atoms with E-state index in [0.717, 1.165) is 13.1 Å². The summed E-state index contributed by atoms with van der Waals surface area (Å²) >= 11 is 0. The molecule has 0 radical (unpaired) electrons. The number of aromatic nitrogens is 2. The second-order valence-electron chi connectivity index (χ2n) is 4.55. The number of likely N-dealkylation sites (N-methyl/N-ethyl adjacent to an activating group) is 2. The number of anilines is 1. The molecule has 1 aliphatic heterocycles. The second kappa shape index (κ2) is 5.31. The Morgan fingerprint density at radius 1 is 1.65 bits per heavy atom. The average molecular weight is 236 g/mol. The van der Waals surface area contributed by atoms with E-state index < -0.39 is 0 Å². The van der Waals surface area contributed by atoms with Gasteiger partial charge in [0.2, 0.25) is 0 Å². The Balaban J connectivity index is 2.04. The van der Waals surface area contributed by atoms with Crippen LogP contribution in [0.2, 0.25) is 0 Å². The van der Waals surface area contributed by atoms with Crippen LogP contribution in [0.1, 0.15) is 19.8 Å². The predicted octanol–water partition coefficient (Wildman–Crippen LogP) is 0.690. The van der Waals surface area contributed by atoms with Crippen molar-refractivity contribution in [3.05, 3.63) is 22.7 Å². The smallest absolute Gasteiger partial charge is 0.290 e. The van der Waals surface area contributed by atoms with E-state index in [4.69, 9.17) is 0 Å². The zero-order chi connectivity index (χ0) is 12.3. The monoisotopic (exact) mass is 236 g/mol. The van der Waals surface area contributed by atoms with Crippen molar-refractivity contribution in [3.63, 3.8) is 0 Å². The van der Waals surface area contributed by atoms with Crippen LogP contribution in [0.25, 0.3) is 0 Å². The van der Waals surface area contributed by atoms with Gasteiger partial charge < -0.3 is 9.88 Å². The van der Waals surface area contributed by atoms with Crippen molar-refractivity contribution in [3.8, 4) is 0 Å². The minimum atomic E-state index is -0.115. The van der Waals surface area contributed by atoms with Gasteiger partial charge in [-0.15, -0.1) is 0 Å². The summed E-state index contributed by atoms with van der Waals surface area (Å²) in [7, 11) is 1.93. The summed E-state index contributed by atoms with van der Waals surface area (Å²) in [6.45, 7) is 5.31. The molecule has 94 valence electrons. The normalized spacial score (nSPS) is 20.7. The quantitative estimate of drug-likeness (QED) is 0.835. The summed E-state index contributed by atoms with van der Waals surface area (Å²) < 4.78 is 0. The number of aromatic amines is 1. The zero-order valence-electron chi connectivity index (χ0n) is 10.5. The lowest BCUT2D eigenvalue weighted by Gasteiger charge is -2.27. The Morgan fingerprint density at radius 2 is 2.47 bits per heavy atom. The first kappa shape index (κ1) is 12.1. The van der Waals surface area contributed by atoms with Crippen LogP contribution < -0.4 is 10.5 Å². The maximum absolute atomic E-state index is 11.6. The molecule has 5 nitrogen and oxygen atoms in total. The standard InChI is InChI=1S/C12H20N4O/c1-3-16-8-4-5-10(16)9-15(2)11-12(17)14-7-6-13-11/h6-7,10H,3-5,8-9H2,1-2H3,(H,14,17). The Bertz CT molecular complexity index is 417. The summed E-state index contributed by atoms with van der Waals surface area (Å²) in [6, 6.07) is 0.548. The molecule has 0 saturated carbocycles. The summed E-state index contributed by atoms with van der Waals surface area (Å²) in [4.78, 5) is 22.8. The summed E-state index contributed by atoms with van der Waals surface area (Å²) in [5.74, 6) is 0.510. The van der Waals surface area contributed by atoms with Crippen LogP contribution in [-0.4, -0.2) is 47.6 Å². The zero-order valence-corrected chi connectivity index (χ0v) is 10.5. The van der Waals surface area contributed by atoms with E-state index in [1.807, 2.05) is 11.9 Å². The van der Waals surface area contributed by atoms with Crippen molar-refractivity contribution < 1.29 is 0 Å². The van der Waals surface area contributed by atoms with E-state index in [-0.39, 0.29) is 5.56 Å². The van der Waals surface area contributed by atoms with Crippen LogP contribution in [0.5, 0.6) is 0 Å². The van der Waals surface area contributed by atoms with E-state index in [9.17, 15) is 4.79 Å². The highest BCUT2D eigenvalue weighted by atomic mass is 16.1. The van der Waals surface area contributed by atoms with Gasteiger partial charge in [-0.2, -0.15) is 0 Å². The fraction of sp³-hybridized carbons (Fsp3) is 0.667. The van der Waals surface area contributed by atoms with Gasteiger partial charge >= 0.3 is 0 Å². The lowest BCUT2D eigenvalue weighted by atomic mass is 10.2. The predicted molar refractivity (Wildman–Crippen MR) is 68.4 cm³/mol. The fourth-order valence-electron chi connectivity index (χ4n) is 2.54. The Labute approximate surface area is 101 Å². The van der Waals surface area contributed by atoms with Gasteiger partial charge in [-0.1, -0.05) is 6.92 Å². The van der Waals surface area contributed by atoms with Crippen molar-refractivity contribution in [2.45, 2.75) is 25.8 Å². The maximum Gasteiger partial charge on any atom is 0.290 e. The highest BCUT2D eigenvalue weighted by Crippen LogP contribution is 2.18. The maximum atomic E-state index is 11.6. The van der Waals surface area contributed by atoms with E-state index >= 15 is 0 Å². The molecule has 17 heavy (non-hydrogen) atoms. The molecule has 0 bridgehead atoms. The number of H-pyrrole nitrogens is 1. The molecule has 1 atom stereocenters. The Morgan fingerprint density at radius 3 is 3.18 bits per heavy atom. The molecular formula is C12H20N4O. The molecule has 0 aromatic carbocycles. The van der Waals surface area contributed by atoms with Crippen LogP contribution in [0.3, 0.4) is 0 Å². The highest BCUT2D eigenvalue weighted by molar-refractivity contribution is 5.34. The van der Waals surface area contributed by atoms with Gasteiger partial charge in [0, 0.05) is 32.0 Å². The number of hydrogen-bond donors (Lipinski definition) is 1. The largest absolute Gasteiger partial charge is 0.354 e. The minimum Gasteiger partial charge on any atom is -0.354 e. The first-order valence-corrected chi connectivity index (χ1v) is 6.21. The molecule has 1 aromatic rings. The molecule has 5 heteroatoms. The van der Waals surface area contributed by atoms with Crippen LogP contribution >= 0.6 is 0 Å². The van der Waals surface area contributed by atoms with Crippen molar-refractivity contribution in [1.29, 1.82) is 0 Å². The summed E-state index contributed by atoms with van der Waals surface area (Å²) in [5.41, 5.74) is -0.115. The molecule has 0 spiro atoms. The molecule has 1 saturated heterocycles. The van der Waals surface area contributed by atoms with Gasteiger partial charge in [-0.3, -0.25) is 9.69 Å². The average Bonchev–Trinajstić information content (AvgIpc) is 2.76. The molecule has 1 unspecified atom stereocenters. The van der Waals surface area contributed by atoms with Crippen LogP contribution in [0, 0.1) is 0 Å². The van der Waals surface area contributed by atoms with E-state index in [1.54, 1.807) is 12.4 Å². The molecule has 2 heterocycles. The molecule has 0 aliphatic carbocycles. The number of nitrogens with one attached hydrogen (secondary N) is 1. The van der Waals surface area contributed by atoms with Crippen LogP contribution in [0.15, 0.2) is 17.2 Å². The molecular weight excluding hydrogens is 216 g/mol. The molecule has 1 fully saturated rings. The lowest BCUT2D eigenvalue weighted by Crippen LogP contribution is -2.40. The number of likely N-dealkylation sites (tertiary alicyclic amines) is 1. The van der Waals surface area contributed by atoms with Gasteiger partial charge in [-0.25, -0.2) is 4.98 Å².